The summed E-state index contributed by atoms with van der Waals surface area (Å²) in [7, 11) is -3.88. The van der Waals surface area contributed by atoms with E-state index in [1.165, 1.54) is 0 Å². The number of nitrogens with one attached hydrogen (secondary N) is 1. The molecule has 4 aromatic rings. The largest absolute Gasteiger partial charge is 0.419 e. The molecule has 0 aliphatic rings. The number of hydrogen-bond donors (Lipinski definition) is 1. The molecule has 6 heteroatoms. The SMILES string of the molecule is Cc1ccc(Nc2oc(-c3ccc(C)cc3)nc2S(=O)(=O)c2ccc(C)cc2)cc1. The van der Waals surface area contributed by atoms with Crippen molar-refractivity contribution in [3.8, 4) is 11.5 Å². The molecule has 0 aliphatic heterocycles. The molecule has 0 amide bonds. The predicted molar refractivity (Wildman–Crippen MR) is 118 cm³/mol. The van der Waals surface area contributed by atoms with Gasteiger partial charge in [0.15, 0.2) is 0 Å². The van der Waals surface area contributed by atoms with Gasteiger partial charge in [0.25, 0.3) is 0 Å². The first kappa shape index (κ1) is 19.9. The highest BCUT2D eigenvalue weighted by atomic mass is 32.2. The van der Waals surface area contributed by atoms with Crippen LogP contribution in [0.3, 0.4) is 0 Å². The van der Waals surface area contributed by atoms with Crippen LogP contribution < -0.4 is 5.32 Å². The van der Waals surface area contributed by atoms with Crippen LogP contribution in [0.2, 0.25) is 0 Å². The van der Waals surface area contributed by atoms with Gasteiger partial charge in [-0.2, -0.15) is 4.98 Å². The Morgan fingerprint density at radius 3 is 1.80 bits per heavy atom. The van der Waals surface area contributed by atoms with E-state index in [2.05, 4.69) is 10.3 Å². The van der Waals surface area contributed by atoms with E-state index >= 15 is 0 Å². The van der Waals surface area contributed by atoms with Gasteiger partial charge in [0.05, 0.1) is 4.90 Å². The lowest BCUT2D eigenvalue weighted by Crippen LogP contribution is -2.05. The predicted octanol–water partition coefficient (Wildman–Crippen LogP) is 5.84. The minimum Gasteiger partial charge on any atom is -0.419 e. The Morgan fingerprint density at radius 1 is 0.733 bits per heavy atom. The van der Waals surface area contributed by atoms with Crippen molar-refractivity contribution in [2.75, 3.05) is 5.32 Å². The highest BCUT2D eigenvalue weighted by Crippen LogP contribution is 2.34. The summed E-state index contributed by atoms with van der Waals surface area (Å²) in [5.74, 6) is 0.338. The quantitative estimate of drug-likeness (QED) is 0.441. The Bertz CT molecular complexity index is 1270. The van der Waals surface area contributed by atoms with Crippen LogP contribution in [0.25, 0.3) is 11.5 Å². The first-order valence-electron chi connectivity index (χ1n) is 9.56. The molecule has 0 fully saturated rings. The molecule has 0 atom stereocenters. The Hall–Kier alpha value is -3.38. The van der Waals surface area contributed by atoms with Crippen LogP contribution in [-0.2, 0) is 9.84 Å². The highest BCUT2D eigenvalue weighted by Gasteiger charge is 2.28. The fourth-order valence-electron chi connectivity index (χ4n) is 2.98. The van der Waals surface area contributed by atoms with Gasteiger partial charge in [0.1, 0.15) is 0 Å². The Balaban J connectivity index is 1.83. The zero-order valence-electron chi connectivity index (χ0n) is 17.0. The third-order valence-electron chi connectivity index (χ3n) is 4.79. The molecule has 4 rings (SSSR count). The van der Waals surface area contributed by atoms with Gasteiger partial charge in [-0.15, -0.1) is 0 Å². The van der Waals surface area contributed by atoms with Gasteiger partial charge >= 0.3 is 0 Å². The standard InChI is InChI=1S/C24H22N2O3S/c1-16-4-10-19(11-5-16)22-26-24(30(27,28)21-14-8-18(3)9-15-21)23(29-22)25-20-12-6-17(2)7-13-20/h4-15,25H,1-3H3. The van der Waals surface area contributed by atoms with Crippen LogP contribution in [0.1, 0.15) is 16.7 Å². The Morgan fingerprint density at radius 2 is 1.23 bits per heavy atom. The van der Waals surface area contributed by atoms with E-state index in [1.54, 1.807) is 24.3 Å². The smallest absolute Gasteiger partial charge is 0.238 e. The summed E-state index contributed by atoms with van der Waals surface area (Å²) >= 11 is 0. The van der Waals surface area contributed by atoms with Crippen molar-refractivity contribution in [2.45, 2.75) is 30.7 Å². The molecule has 0 saturated heterocycles. The van der Waals surface area contributed by atoms with Crippen molar-refractivity contribution >= 4 is 21.4 Å². The van der Waals surface area contributed by atoms with Gasteiger partial charge in [0, 0.05) is 11.3 Å². The lowest BCUT2D eigenvalue weighted by Gasteiger charge is -2.07. The number of rotatable bonds is 5. The lowest BCUT2D eigenvalue weighted by molar-refractivity contribution is 0.582. The topological polar surface area (TPSA) is 72.2 Å². The van der Waals surface area contributed by atoms with Gasteiger partial charge in [-0.1, -0.05) is 53.1 Å². The second kappa shape index (κ2) is 7.80. The number of hydrogen-bond acceptors (Lipinski definition) is 5. The molecule has 30 heavy (non-hydrogen) atoms. The molecule has 0 unspecified atom stereocenters. The fourth-order valence-corrected chi connectivity index (χ4v) is 4.24. The maximum absolute atomic E-state index is 13.3. The zero-order chi connectivity index (χ0) is 21.3. The molecule has 1 N–H and O–H groups in total. The van der Waals surface area contributed by atoms with Crippen LogP contribution >= 0.6 is 0 Å². The molecule has 0 radical (unpaired) electrons. The second-order valence-electron chi connectivity index (χ2n) is 7.33. The molecule has 3 aromatic carbocycles. The minimum atomic E-state index is -3.88. The first-order chi connectivity index (χ1) is 14.3. The van der Waals surface area contributed by atoms with Crippen LogP contribution in [0.4, 0.5) is 11.6 Å². The average molecular weight is 419 g/mol. The molecule has 1 aromatic heterocycles. The van der Waals surface area contributed by atoms with E-state index in [-0.39, 0.29) is 21.7 Å². The van der Waals surface area contributed by atoms with Gasteiger partial charge in [-0.05, 0) is 57.2 Å². The van der Waals surface area contributed by atoms with Gasteiger partial charge in [-0.3, -0.25) is 0 Å². The number of aromatic nitrogens is 1. The number of anilines is 2. The van der Waals surface area contributed by atoms with Crippen LogP contribution in [0, 0.1) is 20.8 Å². The van der Waals surface area contributed by atoms with Gasteiger partial charge < -0.3 is 9.73 Å². The molecule has 5 nitrogen and oxygen atoms in total. The molecule has 0 saturated carbocycles. The summed E-state index contributed by atoms with van der Waals surface area (Å²) in [6.45, 7) is 5.88. The van der Waals surface area contributed by atoms with Crippen molar-refractivity contribution in [3.63, 3.8) is 0 Å². The molecule has 0 spiro atoms. The summed E-state index contributed by atoms with van der Waals surface area (Å²) in [5, 5.41) is 2.94. The van der Waals surface area contributed by atoms with E-state index in [0.29, 0.717) is 11.3 Å². The summed E-state index contributed by atoms with van der Waals surface area (Å²) in [6.07, 6.45) is 0. The summed E-state index contributed by atoms with van der Waals surface area (Å²) in [6, 6.07) is 21.9. The van der Waals surface area contributed by atoms with E-state index in [0.717, 1.165) is 16.7 Å². The highest BCUT2D eigenvalue weighted by molar-refractivity contribution is 7.91. The average Bonchev–Trinajstić information content (AvgIpc) is 3.15. The lowest BCUT2D eigenvalue weighted by atomic mass is 10.1. The molecular weight excluding hydrogens is 396 g/mol. The monoisotopic (exact) mass is 418 g/mol. The number of sulfone groups is 1. The van der Waals surface area contributed by atoms with E-state index in [1.807, 2.05) is 69.3 Å². The van der Waals surface area contributed by atoms with Crippen LogP contribution in [0.15, 0.2) is 87.1 Å². The normalized spacial score (nSPS) is 11.4. The molecular formula is C24H22N2O3S. The number of benzene rings is 3. The molecule has 0 aliphatic carbocycles. The van der Waals surface area contributed by atoms with Crippen LogP contribution in [-0.4, -0.2) is 13.4 Å². The third-order valence-corrected chi connectivity index (χ3v) is 6.47. The zero-order valence-corrected chi connectivity index (χ0v) is 17.8. The van der Waals surface area contributed by atoms with Crippen LogP contribution in [0.5, 0.6) is 0 Å². The summed E-state index contributed by atoms with van der Waals surface area (Å²) in [5.41, 5.74) is 4.60. The Labute approximate surface area is 176 Å². The number of nitrogens with zero attached hydrogens (tertiary/aromatic N) is 1. The maximum Gasteiger partial charge on any atom is 0.238 e. The van der Waals surface area contributed by atoms with E-state index in [9.17, 15) is 8.42 Å². The number of aryl methyl sites for hydroxylation is 3. The van der Waals surface area contributed by atoms with Crippen molar-refractivity contribution in [3.05, 3.63) is 89.5 Å². The minimum absolute atomic E-state index is 0.0926. The fraction of sp³-hybridized carbons (Fsp3) is 0.125. The molecule has 1 heterocycles. The van der Waals surface area contributed by atoms with Gasteiger partial charge in [-0.25, -0.2) is 8.42 Å². The van der Waals surface area contributed by atoms with Crippen molar-refractivity contribution < 1.29 is 12.8 Å². The maximum atomic E-state index is 13.3. The summed E-state index contributed by atoms with van der Waals surface area (Å²) < 4.78 is 32.6. The second-order valence-corrected chi connectivity index (χ2v) is 9.19. The number of oxazole rings is 1. The first-order valence-corrected chi connectivity index (χ1v) is 11.0. The van der Waals surface area contributed by atoms with Crippen molar-refractivity contribution in [1.82, 2.24) is 4.98 Å². The van der Waals surface area contributed by atoms with E-state index < -0.39 is 9.84 Å². The third kappa shape index (κ3) is 4.00. The molecule has 0 bridgehead atoms. The van der Waals surface area contributed by atoms with Gasteiger partial charge in [0.2, 0.25) is 26.6 Å². The summed E-state index contributed by atoms with van der Waals surface area (Å²) in [4.78, 5) is 4.55. The Kier molecular flexibility index (Phi) is 5.18. The van der Waals surface area contributed by atoms with Crippen molar-refractivity contribution in [2.24, 2.45) is 0 Å². The van der Waals surface area contributed by atoms with Crippen molar-refractivity contribution in [1.29, 1.82) is 0 Å². The van der Waals surface area contributed by atoms with E-state index in [4.69, 9.17) is 4.42 Å². The molecule has 152 valence electrons.